The predicted octanol–water partition coefficient (Wildman–Crippen LogP) is 5.14. The van der Waals surface area contributed by atoms with Gasteiger partial charge >= 0.3 is 0 Å². The fourth-order valence-electron chi connectivity index (χ4n) is 1.61. The molecule has 5 heteroatoms. The number of rotatable bonds is 4. The summed E-state index contributed by atoms with van der Waals surface area (Å²) < 4.78 is 15.6. The van der Waals surface area contributed by atoms with Gasteiger partial charge in [-0.3, -0.25) is 0 Å². The third kappa shape index (κ3) is 4.31. The molecule has 19 heavy (non-hydrogen) atoms. The molecule has 0 aliphatic carbocycles. The van der Waals surface area contributed by atoms with Gasteiger partial charge < -0.3 is 5.73 Å². The molecule has 1 unspecified atom stereocenters. The van der Waals surface area contributed by atoms with Crippen molar-refractivity contribution >= 4 is 43.6 Å². The lowest BCUT2D eigenvalue weighted by molar-refractivity contribution is 0.595. The summed E-state index contributed by atoms with van der Waals surface area (Å²) in [6.45, 7) is 0. The Kier molecular flexibility index (Phi) is 5.45. The molecule has 0 saturated heterocycles. The predicted molar refractivity (Wildman–Crippen MR) is 85.9 cm³/mol. The van der Waals surface area contributed by atoms with Gasteiger partial charge in [-0.1, -0.05) is 31.9 Å². The second-order valence-electron chi connectivity index (χ2n) is 4.04. The van der Waals surface area contributed by atoms with Crippen LogP contribution in [0.4, 0.5) is 4.39 Å². The molecule has 2 aromatic rings. The Hall–Kier alpha value is -0.360. The zero-order chi connectivity index (χ0) is 13.8. The van der Waals surface area contributed by atoms with E-state index in [9.17, 15) is 4.39 Å². The van der Waals surface area contributed by atoms with Crippen molar-refractivity contribution in [2.24, 2.45) is 5.73 Å². The summed E-state index contributed by atoms with van der Waals surface area (Å²) in [5.41, 5.74) is 6.59. The maximum Gasteiger partial charge on any atom is 0.128 e. The van der Waals surface area contributed by atoms with Crippen LogP contribution in [0.1, 0.15) is 11.6 Å². The van der Waals surface area contributed by atoms with Crippen LogP contribution in [-0.2, 0) is 0 Å². The molecule has 0 aromatic heterocycles. The van der Waals surface area contributed by atoms with E-state index in [1.54, 1.807) is 23.9 Å². The monoisotopic (exact) mass is 403 g/mol. The van der Waals surface area contributed by atoms with Crippen LogP contribution < -0.4 is 5.73 Å². The largest absolute Gasteiger partial charge is 0.323 e. The van der Waals surface area contributed by atoms with Gasteiger partial charge in [0.15, 0.2) is 0 Å². The molecule has 2 aromatic carbocycles. The SMILES string of the molecule is NC(CSc1ccc(Br)cc1)c1cc(Br)ccc1F. The van der Waals surface area contributed by atoms with E-state index in [0.717, 1.165) is 13.8 Å². The Morgan fingerprint density at radius 3 is 2.37 bits per heavy atom. The quantitative estimate of drug-likeness (QED) is 0.713. The summed E-state index contributed by atoms with van der Waals surface area (Å²) in [5, 5.41) is 0. The summed E-state index contributed by atoms with van der Waals surface area (Å²) in [6, 6.07) is 12.5. The van der Waals surface area contributed by atoms with Crippen molar-refractivity contribution in [3.05, 3.63) is 62.8 Å². The van der Waals surface area contributed by atoms with Crippen LogP contribution in [0.15, 0.2) is 56.3 Å². The molecule has 0 aliphatic rings. The molecule has 0 saturated carbocycles. The van der Waals surface area contributed by atoms with E-state index in [2.05, 4.69) is 31.9 Å². The molecule has 2 rings (SSSR count). The highest BCUT2D eigenvalue weighted by Gasteiger charge is 2.12. The van der Waals surface area contributed by atoms with Crippen LogP contribution >= 0.6 is 43.6 Å². The molecule has 100 valence electrons. The lowest BCUT2D eigenvalue weighted by Gasteiger charge is -2.13. The van der Waals surface area contributed by atoms with Gasteiger partial charge in [0.1, 0.15) is 5.82 Å². The highest BCUT2D eigenvalue weighted by atomic mass is 79.9. The summed E-state index contributed by atoms with van der Waals surface area (Å²) in [7, 11) is 0. The molecule has 0 spiro atoms. The minimum Gasteiger partial charge on any atom is -0.323 e. The molecular formula is C14H12Br2FNS. The van der Waals surface area contributed by atoms with Gasteiger partial charge in [0.2, 0.25) is 0 Å². The number of nitrogens with two attached hydrogens (primary N) is 1. The van der Waals surface area contributed by atoms with E-state index in [1.807, 2.05) is 24.3 Å². The van der Waals surface area contributed by atoms with E-state index in [1.165, 1.54) is 6.07 Å². The average Bonchev–Trinajstić information content (AvgIpc) is 2.40. The molecule has 1 nitrogen and oxygen atoms in total. The first-order chi connectivity index (χ1) is 9.06. The fourth-order valence-corrected chi connectivity index (χ4v) is 3.13. The van der Waals surface area contributed by atoms with Crippen molar-refractivity contribution in [2.45, 2.75) is 10.9 Å². The molecule has 0 bridgehead atoms. The highest BCUT2D eigenvalue weighted by Crippen LogP contribution is 2.27. The lowest BCUT2D eigenvalue weighted by atomic mass is 10.1. The van der Waals surface area contributed by atoms with Crippen LogP contribution in [0.5, 0.6) is 0 Å². The van der Waals surface area contributed by atoms with E-state index < -0.39 is 0 Å². The van der Waals surface area contributed by atoms with Crippen LogP contribution in [0, 0.1) is 5.82 Å². The minimum absolute atomic E-state index is 0.257. The molecular weight excluding hydrogens is 393 g/mol. The van der Waals surface area contributed by atoms with Gasteiger partial charge in [-0.2, -0.15) is 0 Å². The highest BCUT2D eigenvalue weighted by molar-refractivity contribution is 9.10. The third-order valence-electron chi connectivity index (χ3n) is 2.60. The van der Waals surface area contributed by atoms with Gasteiger partial charge in [0, 0.05) is 31.2 Å². The molecule has 0 aliphatic heterocycles. The lowest BCUT2D eigenvalue weighted by Crippen LogP contribution is -2.14. The molecule has 0 fully saturated rings. The Morgan fingerprint density at radius 1 is 1.05 bits per heavy atom. The number of halogens is 3. The summed E-state index contributed by atoms with van der Waals surface area (Å²) in [4.78, 5) is 1.12. The molecule has 0 radical (unpaired) electrons. The van der Waals surface area contributed by atoms with Gasteiger partial charge in [0.05, 0.1) is 0 Å². The topological polar surface area (TPSA) is 26.0 Å². The van der Waals surface area contributed by atoms with Gasteiger partial charge in [-0.15, -0.1) is 11.8 Å². The molecule has 1 atom stereocenters. The van der Waals surface area contributed by atoms with Crippen molar-refractivity contribution in [3.8, 4) is 0 Å². The fraction of sp³-hybridized carbons (Fsp3) is 0.143. The van der Waals surface area contributed by atoms with Crippen LogP contribution in [0.25, 0.3) is 0 Å². The third-order valence-corrected chi connectivity index (χ3v) is 4.75. The summed E-state index contributed by atoms with van der Waals surface area (Å²) in [6.07, 6.45) is 0. The van der Waals surface area contributed by atoms with Crippen LogP contribution in [0.2, 0.25) is 0 Å². The molecule has 2 N–H and O–H groups in total. The van der Waals surface area contributed by atoms with Crippen LogP contribution in [-0.4, -0.2) is 5.75 Å². The van der Waals surface area contributed by atoms with E-state index in [-0.39, 0.29) is 11.9 Å². The average molecular weight is 405 g/mol. The van der Waals surface area contributed by atoms with Crippen molar-refractivity contribution in [2.75, 3.05) is 5.75 Å². The Labute approximate surface area is 133 Å². The second-order valence-corrected chi connectivity index (χ2v) is 6.96. The zero-order valence-electron chi connectivity index (χ0n) is 9.95. The number of hydrogen-bond acceptors (Lipinski definition) is 2. The zero-order valence-corrected chi connectivity index (χ0v) is 13.9. The maximum atomic E-state index is 13.7. The van der Waals surface area contributed by atoms with Crippen molar-refractivity contribution in [1.82, 2.24) is 0 Å². The number of benzene rings is 2. The standard InChI is InChI=1S/C14H12Br2FNS/c15-9-1-4-11(5-2-9)19-8-14(18)12-7-10(16)3-6-13(12)17/h1-7,14H,8,18H2. The van der Waals surface area contributed by atoms with Crippen molar-refractivity contribution in [1.29, 1.82) is 0 Å². The van der Waals surface area contributed by atoms with Gasteiger partial charge in [-0.25, -0.2) is 4.39 Å². The van der Waals surface area contributed by atoms with Crippen molar-refractivity contribution in [3.63, 3.8) is 0 Å². The first-order valence-electron chi connectivity index (χ1n) is 5.65. The molecule has 0 heterocycles. The van der Waals surface area contributed by atoms with Gasteiger partial charge in [0.25, 0.3) is 0 Å². The number of hydrogen-bond donors (Lipinski definition) is 1. The Morgan fingerprint density at radius 2 is 1.68 bits per heavy atom. The van der Waals surface area contributed by atoms with Crippen LogP contribution in [0.3, 0.4) is 0 Å². The van der Waals surface area contributed by atoms with E-state index >= 15 is 0 Å². The first kappa shape index (κ1) is 15.0. The van der Waals surface area contributed by atoms with Gasteiger partial charge in [-0.05, 0) is 42.5 Å². The summed E-state index contributed by atoms with van der Waals surface area (Å²) >= 11 is 8.34. The Balaban J connectivity index is 2.03. The summed E-state index contributed by atoms with van der Waals surface area (Å²) in [5.74, 6) is 0.377. The van der Waals surface area contributed by atoms with E-state index in [0.29, 0.717) is 11.3 Å². The maximum absolute atomic E-state index is 13.7. The minimum atomic E-state index is -0.328. The Bertz CT molecular complexity index is 560. The van der Waals surface area contributed by atoms with Crippen molar-refractivity contribution < 1.29 is 4.39 Å². The first-order valence-corrected chi connectivity index (χ1v) is 8.22. The smallest absolute Gasteiger partial charge is 0.128 e. The second kappa shape index (κ2) is 6.88. The molecule has 0 amide bonds. The normalized spacial score (nSPS) is 12.4. The number of thioether (sulfide) groups is 1. The van der Waals surface area contributed by atoms with E-state index in [4.69, 9.17) is 5.73 Å².